The summed E-state index contributed by atoms with van der Waals surface area (Å²) >= 11 is 7.74. The number of nitrogens with two attached hydrogens (primary N) is 2. The van der Waals surface area contributed by atoms with E-state index in [1.807, 2.05) is 18.2 Å². The number of ketones is 1. The molecule has 0 saturated heterocycles. The number of aromatic nitrogens is 12. The number of amidine groups is 1. The summed E-state index contributed by atoms with van der Waals surface area (Å²) in [7, 11) is 1.36. The van der Waals surface area contributed by atoms with Gasteiger partial charge in [-0.25, -0.2) is 55.1 Å². The van der Waals surface area contributed by atoms with Crippen LogP contribution in [0, 0.1) is 40.3 Å². The van der Waals surface area contributed by atoms with Crippen LogP contribution in [0.2, 0.25) is 5.02 Å². The van der Waals surface area contributed by atoms with Crippen LogP contribution in [-0.2, 0) is 51.0 Å². The number of aryl methyl sites for hydroxylation is 3. The van der Waals surface area contributed by atoms with E-state index in [1.54, 1.807) is 53.3 Å². The highest BCUT2D eigenvalue weighted by molar-refractivity contribution is 7.98. The number of hydrogen-bond acceptors (Lipinski definition) is 19. The number of fused-ring (bicyclic) bond motifs is 14. The molecule has 8 aromatic carbocycles. The fourth-order valence-corrected chi connectivity index (χ4v) is 20.9. The normalized spacial score (nSPS) is 12.4. The Labute approximate surface area is 841 Å². The molecule has 0 spiro atoms. The number of furan rings is 4. The number of aromatic amines is 4. The molecule has 0 unspecified atom stereocenters. The molecule has 1 aliphatic carbocycles. The third-order valence-electron chi connectivity index (χ3n) is 26.5. The van der Waals surface area contributed by atoms with Gasteiger partial charge in [-0.15, -0.1) is 11.8 Å². The monoisotopic (exact) mass is 2070 g/mol. The Kier molecular flexibility index (Phi) is 24.9. The Morgan fingerprint density at radius 1 is 0.487 bits per heavy atom. The van der Waals surface area contributed by atoms with Crippen LogP contribution >= 0.6 is 23.4 Å². The molecule has 1 aliphatic heterocycles. The lowest BCUT2D eigenvalue weighted by Crippen LogP contribution is -2.28. The summed E-state index contributed by atoms with van der Waals surface area (Å²) in [5.74, 6) is -10.1. The van der Waals surface area contributed by atoms with Gasteiger partial charge in [-0.05, 0) is 163 Å². The molecule has 35 nitrogen and oxygen atoms in total. The average Bonchev–Trinajstić information content (AvgIpc) is 1.57. The standard InChI is InChI=1S/C29H20FN3O5.C26H16ClFN4O5.C26H16F2N4O6.C25H18F2N4O4S.CH4/c30-20-13-21-23(26-18(20)8-11-38-26)22(19-7-2-9-31-27(19)34)25(29(36)37)33(21)14-17-12-16-5-1-4-15-6-3-10-32(24(15)16)28(17)35;27-16-7-12-10-30-32(26(29)36)18(12)8-13(16)11-31-19-9-17(28)14-5-6-37-24(14)22(19)21(23(31)25(34)35)15-3-1-2-4-20(15)33;1-31-17-8-15(27)11(7-14(17)24(34)30-26(31)37)10-32-18-9-16(28)12-4-6-38-22(12)20(18)19(21(32)25(35)36)13-3-2-5-29-23(13)33;1-36-18-9-15(26)11(7-14(18)23(28)29)10-31-17-8-16(27)12-4-6-35-22(12)20(17)19(21(31)25(33)34)13-3-2-5-30-24(13)32;/h1-2,4-5,7-9,11-13H,3,6,10,14H2,(H,31,34)(H,36,37);1-3,5-10H,4,11H2,(H2,29,36)(H,34,35);2-9H,10H2,1H3,(H,29,33)(H,35,36)(H,30,34,37);2-9H,10H2,1H3,(H3,28,29)(H,30,32)(H,33,34);1H4. The van der Waals surface area contributed by atoms with Crippen molar-refractivity contribution in [3.05, 3.63) is 378 Å². The van der Waals surface area contributed by atoms with E-state index in [4.69, 9.17) is 46.1 Å². The van der Waals surface area contributed by atoms with Gasteiger partial charge in [0.15, 0.2) is 5.78 Å². The topological polar surface area (TPSA) is 525 Å². The first-order valence-electron chi connectivity index (χ1n) is 45.1. The quantitative estimate of drug-likeness (QED) is 0.0164. The molecule has 22 aromatic rings. The van der Waals surface area contributed by atoms with Crippen molar-refractivity contribution >= 4 is 191 Å². The number of nitrogens with one attached hydrogen (secondary N) is 5. The highest BCUT2D eigenvalue weighted by Gasteiger charge is 2.37. The third kappa shape index (κ3) is 16.2. The van der Waals surface area contributed by atoms with E-state index in [0.29, 0.717) is 44.2 Å². The van der Waals surface area contributed by atoms with E-state index in [-0.39, 0.29) is 222 Å². The second-order valence-electron chi connectivity index (χ2n) is 34.8. The van der Waals surface area contributed by atoms with Crippen molar-refractivity contribution < 1.29 is 93.2 Å². The Hall–Kier alpha value is -19.3. The van der Waals surface area contributed by atoms with Crippen molar-refractivity contribution in [2.24, 2.45) is 18.5 Å². The maximum absolute atomic E-state index is 15.3. The SMILES string of the molecule is C.CSc1cc(F)c(Cn2c(C(=O)O)c(-c3ccc[nH]c3=O)c3c4occc4c(F)cc32)cc1C(=N)N.Cn1c(=O)[nH]c(=O)c2cc(Cn3c(C(=O)O)c(-c4ccc[nH]c4=O)c4c5occc5c(F)cc43)c(F)cc21.NC(=O)n1ncc2cc(Cl)c(Cn3c(C(=O)O)c(C4=CC=CCC4=O)c4c5occc5c(F)cc43)cc21.O=C(O)c1c(-c2ccc[nH]c2=O)c2c3occc3c(F)cc2n1Cc1cc2cccc3c2n(c1=O)CCC3. The molecule has 0 fully saturated rings. The molecular formula is C107H74ClF6N15O20S. The fourth-order valence-electron chi connectivity index (χ4n) is 20.1. The number of carboxylic acid groups (broad SMARTS) is 4. The number of allylic oxidation sites excluding steroid dienone is 4. The molecule has 1 amide bonds. The lowest BCUT2D eigenvalue weighted by Gasteiger charge is -2.21. The molecular weight excluding hydrogens is 2000 g/mol. The zero-order valence-corrected chi connectivity index (χ0v) is 78.5. The summed E-state index contributed by atoms with van der Waals surface area (Å²) in [6, 6.07) is 34.2. The van der Waals surface area contributed by atoms with Crippen molar-refractivity contribution in [1.82, 2.24) is 57.1 Å². The van der Waals surface area contributed by atoms with Gasteiger partial charge in [0, 0.05) is 111 Å². The molecule has 14 aromatic heterocycles. The number of H-pyrrole nitrogens is 4. The van der Waals surface area contributed by atoms with Crippen LogP contribution in [0.25, 0.3) is 159 Å². The highest BCUT2D eigenvalue weighted by Crippen LogP contribution is 2.47. The van der Waals surface area contributed by atoms with Crippen LogP contribution in [0.3, 0.4) is 0 Å². The van der Waals surface area contributed by atoms with E-state index >= 15 is 26.3 Å². The Morgan fingerprint density at radius 3 is 1.36 bits per heavy atom. The molecule has 0 radical (unpaired) electrons. The number of pyridine rings is 4. The maximum Gasteiger partial charge on any atom is 0.353 e. The zero-order valence-electron chi connectivity index (χ0n) is 77.0. The maximum atomic E-state index is 15.3. The predicted octanol–water partition coefficient (Wildman–Crippen LogP) is 18.7. The summed E-state index contributed by atoms with van der Waals surface area (Å²) in [6.45, 7) is -0.480. The van der Waals surface area contributed by atoms with Crippen molar-refractivity contribution in [3.8, 4) is 33.4 Å². The first kappa shape index (κ1) is 98.1. The fraction of sp³-hybridized carbons (Fsp3) is 0.103. The van der Waals surface area contributed by atoms with Crippen LogP contribution in [0.15, 0.2) is 265 Å². The minimum Gasteiger partial charge on any atom is -0.477 e. The van der Waals surface area contributed by atoms with Crippen molar-refractivity contribution in [3.63, 3.8) is 0 Å². The van der Waals surface area contributed by atoms with Gasteiger partial charge >= 0.3 is 35.6 Å². The van der Waals surface area contributed by atoms with Crippen LogP contribution in [0.5, 0.6) is 0 Å². The zero-order chi connectivity index (χ0) is 105. The second kappa shape index (κ2) is 38.0. The molecule has 2 aliphatic rings. The van der Waals surface area contributed by atoms with Crippen molar-refractivity contribution in [1.29, 1.82) is 5.41 Å². The van der Waals surface area contributed by atoms with Crippen LogP contribution in [-0.4, -0.2) is 125 Å². The number of rotatable bonds is 18. The van der Waals surface area contributed by atoms with E-state index in [2.05, 4.69) is 25.0 Å². The van der Waals surface area contributed by atoms with Gasteiger partial charge < -0.3 is 87.3 Å². The largest absolute Gasteiger partial charge is 0.477 e. The smallest absolute Gasteiger partial charge is 0.353 e. The van der Waals surface area contributed by atoms with E-state index in [9.17, 15) is 78.0 Å². The molecule has 43 heteroatoms. The number of carbonyl (C=O) groups is 6. The molecule has 150 heavy (non-hydrogen) atoms. The number of amides is 1. The number of carboxylic acids is 4. The van der Waals surface area contributed by atoms with E-state index < -0.39 is 105 Å². The Morgan fingerprint density at radius 2 is 0.920 bits per heavy atom. The Balaban J connectivity index is 0.000000121. The molecule has 24 rings (SSSR count). The average molecular weight is 2070 g/mol. The number of benzene rings is 8. The summed E-state index contributed by atoms with van der Waals surface area (Å²) in [5, 5.41) is 56.3. The molecule has 15 heterocycles. The number of primary amides is 1. The number of nitrogen functional groups attached to an aromatic ring is 1. The number of aromatic carboxylic acids is 4. The van der Waals surface area contributed by atoms with Gasteiger partial charge in [0.2, 0.25) is 0 Å². The molecule has 0 atom stereocenters. The number of nitrogens with zero attached hydrogens (tertiary/aromatic N) is 8. The first-order valence-corrected chi connectivity index (χ1v) is 46.7. The van der Waals surface area contributed by atoms with Crippen LogP contribution in [0.4, 0.5) is 31.1 Å². The third-order valence-corrected chi connectivity index (χ3v) is 27.7. The van der Waals surface area contributed by atoms with Crippen LogP contribution < -0.4 is 45.0 Å². The summed E-state index contributed by atoms with van der Waals surface area (Å²) in [6.07, 6.45) is 19.2. The number of halogens is 7. The predicted molar refractivity (Wildman–Crippen MR) is 548 cm³/mol. The second-order valence-corrected chi connectivity index (χ2v) is 36.1. The van der Waals surface area contributed by atoms with Gasteiger partial charge in [-0.3, -0.25) is 43.7 Å². The van der Waals surface area contributed by atoms with Crippen molar-refractivity contribution in [2.45, 2.75) is 64.3 Å². The van der Waals surface area contributed by atoms with Gasteiger partial charge in [0.25, 0.3) is 27.8 Å². The van der Waals surface area contributed by atoms with Crippen molar-refractivity contribution in [2.75, 3.05) is 6.26 Å². The summed E-state index contributed by atoms with van der Waals surface area (Å²) < 4.78 is 122. The lowest BCUT2D eigenvalue weighted by molar-refractivity contribution is -0.113. The summed E-state index contributed by atoms with van der Waals surface area (Å²) in [5.41, 5.74) is 11.4. The van der Waals surface area contributed by atoms with Gasteiger partial charge in [-0.1, -0.05) is 55.5 Å². The first-order chi connectivity index (χ1) is 71.6. The summed E-state index contributed by atoms with van der Waals surface area (Å²) in [4.78, 5) is 162. The number of carbonyl (C=O) groups excluding carboxylic acids is 2. The van der Waals surface area contributed by atoms with E-state index in [0.717, 1.165) is 61.3 Å². The minimum atomic E-state index is -1.46. The Bertz CT molecular complexity index is 10200. The lowest BCUT2D eigenvalue weighted by atomic mass is 9.93. The number of hydrogen-bond donors (Lipinski definition) is 11. The number of Topliss-reactive ketones (excluding diaryl/α,β-unsaturated/α-hetero) is 1. The van der Waals surface area contributed by atoms with E-state index in [1.165, 1.54) is 167 Å². The van der Waals surface area contributed by atoms with Gasteiger partial charge in [0.05, 0.1) is 155 Å². The molecule has 0 bridgehead atoms. The minimum absolute atomic E-state index is 0. The molecule has 13 N–H and O–H groups in total. The number of para-hydroxylation sites is 1. The van der Waals surface area contributed by atoms with Gasteiger partial charge in [0.1, 0.15) is 85.8 Å². The van der Waals surface area contributed by atoms with Gasteiger partial charge in [-0.2, -0.15) is 9.78 Å². The highest BCUT2D eigenvalue weighted by atomic mass is 35.5. The van der Waals surface area contributed by atoms with Crippen LogP contribution in [0.1, 0.15) is 101 Å². The molecule has 752 valence electrons. The number of thioether (sulfide) groups is 1. The molecule has 0 saturated carbocycles.